The van der Waals surface area contributed by atoms with Crippen molar-refractivity contribution >= 4 is 27.6 Å². The van der Waals surface area contributed by atoms with Crippen LogP contribution >= 0.6 is 0 Å². The van der Waals surface area contributed by atoms with E-state index in [0.717, 1.165) is 4.31 Å². The van der Waals surface area contributed by atoms with Crippen molar-refractivity contribution in [2.45, 2.75) is 24.3 Å². The fourth-order valence-corrected chi connectivity index (χ4v) is 3.22. The zero-order chi connectivity index (χ0) is 21.4. The third kappa shape index (κ3) is 6.58. The van der Waals surface area contributed by atoms with Crippen molar-refractivity contribution in [1.82, 2.24) is 4.31 Å². The fourth-order valence-electron chi connectivity index (χ4n) is 2.27. The Morgan fingerprint density at radius 2 is 1.76 bits per heavy atom. The number of nitrogens with one attached hydrogen (secondary N) is 1. The van der Waals surface area contributed by atoms with Gasteiger partial charge in [0.25, 0.3) is 5.91 Å². The fraction of sp³-hybridized carbons (Fsp3) is 0.300. The molecule has 0 heterocycles. The number of anilines is 1. The van der Waals surface area contributed by atoms with Crippen molar-refractivity contribution in [3.8, 4) is 5.75 Å². The molecule has 2 rings (SSSR count). The van der Waals surface area contributed by atoms with Crippen molar-refractivity contribution in [3.63, 3.8) is 0 Å². The third-order valence-corrected chi connectivity index (χ3v) is 5.69. The maximum Gasteiger partial charge on any atom is 0.310 e. The van der Waals surface area contributed by atoms with Crippen LogP contribution < -0.4 is 10.1 Å². The normalized spacial score (nSPS) is 12.3. The maximum absolute atomic E-state index is 12.3. The summed E-state index contributed by atoms with van der Waals surface area (Å²) < 4.78 is 36.0. The van der Waals surface area contributed by atoms with Crippen LogP contribution in [0.1, 0.15) is 13.3 Å². The number of carbonyl (C=O) groups is 2. The molecule has 0 radical (unpaired) electrons. The number of rotatable bonds is 9. The zero-order valence-electron chi connectivity index (χ0n) is 16.5. The highest BCUT2D eigenvalue weighted by Crippen LogP contribution is 2.18. The Morgan fingerprint density at radius 1 is 1.07 bits per heavy atom. The predicted octanol–water partition coefficient (Wildman–Crippen LogP) is 2.28. The number of esters is 1. The van der Waals surface area contributed by atoms with Crippen LogP contribution in [-0.4, -0.2) is 51.4 Å². The van der Waals surface area contributed by atoms with Gasteiger partial charge in [0.1, 0.15) is 5.75 Å². The van der Waals surface area contributed by atoms with Crippen molar-refractivity contribution in [1.29, 1.82) is 0 Å². The summed E-state index contributed by atoms with van der Waals surface area (Å²) in [4.78, 5) is 24.2. The van der Waals surface area contributed by atoms with Gasteiger partial charge in [0.15, 0.2) is 6.10 Å². The van der Waals surface area contributed by atoms with E-state index in [1.54, 1.807) is 18.2 Å². The summed E-state index contributed by atoms with van der Waals surface area (Å²) in [5.41, 5.74) is 0.285. The number of benzene rings is 2. The van der Waals surface area contributed by atoms with Gasteiger partial charge in [-0.3, -0.25) is 9.59 Å². The van der Waals surface area contributed by atoms with E-state index in [9.17, 15) is 18.0 Å². The van der Waals surface area contributed by atoms with Crippen LogP contribution in [0.5, 0.6) is 5.75 Å². The molecule has 1 N–H and O–H groups in total. The topological polar surface area (TPSA) is 102 Å². The molecular formula is C20H24N2O6S. The van der Waals surface area contributed by atoms with E-state index in [4.69, 9.17) is 9.47 Å². The lowest BCUT2D eigenvalue weighted by atomic mass is 10.3. The minimum atomic E-state index is -3.62. The lowest BCUT2D eigenvalue weighted by Crippen LogP contribution is -2.30. The van der Waals surface area contributed by atoms with E-state index < -0.39 is 28.0 Å². The van der Waals surface area contributed by atoms with Gasteiger partial charge in [-0.1, -0.05) is 24.3 Å². The van der Waals surface area contributed by atoms with Crippen molar-refractivity contribution < 1.29 is 27.5 Å². The van der Waals surface area contributed by atoms with E-state index in [2.05, 4.69) is 5.32 Å². The number of amides is 1. The average Bonchev–Trinajstić information content (AvgIpc) is 2.68. The van der Waals surface area contributed by atoms with Crippen LogP contribution in [0.2, 0.25) is 0 Å². The number of hydrogen-bond acceptors (Lipinski definition) is 6. The quantitative estimate of drug-likeness (QED) is 0.625. The van der Waals surface area contributed by atoms with Crippen molar-refractivity contribution in [2.24, 2.45) is 0 Å². The SMILES string of the molecule is C[C@@H](OC(=O)CCOc1ccccc1)C(=O)Nc1cccc(S(=O)(=O)N(C)C)c1. The summed E-state index contributed by atoms with van der Waals surface area (Å²) in [5.74, 6) is -0.507. The number of carbonyl (C=O) groups excluding carboxylic acids is 2. The second-order valence-corrected chi connectivity index (χ2v) is 8.50. The Hall–Kier alpha value is -2.91. The van der Waals surface area contributed by atoms with Gasteiger partial charge in [0, 0.05) is 19.8 Å². The van der Waals surface area contributed by atoms with E-state index in [0.29, 0.717) is 5.75 Å². The van der Waals surface area contributed by atoms with Crippen LogP contribution in [0.25, 0.3) is 0 Å². The Bertz CT molecular complexity index is 944. The Morgan fingerprint density at radius 3 is 2.41 bits per heavy atom. The number of para-hydroxylation sites is 1. The Kier molecular flexibility index (Phi) is 7.74. The monoisotopic (exact) mass is 420 g/mol. The summed E-state index contributed by atoms with van der Waals surface area (Å²) in [6.07, 6.45) is -1.06. The molecule has 1 amide bonds. The lowest BCUT2D eigenvalue weighted by molar-refractivity contribution is -0.153. The second-order valence-electron chi connectivity index (χ2n) is 6.35. The van der Waals surface area contributed by atoms with E-state index >= 15 is 0 Å². The minimum absolute atomic E-state index is 0.0108. The van der Waals surface area contributed by atoms with Gasteiger partial charge >= 0.3 is 5.97 Å². The molecule has 0 aliphatic rings. The first-order valence-electron chi connectivity index (χ1n) is 8.91. The zero-order valence-corrected chi connectivity index (χ0v) is 17.3. The molecule has 9 heteroatoms. The van der Waals surface area contributed by atoms with E-state index in [1.165, 1.54) is 39.2 Å². The van der Waals surface area contributed by atoms with E-state index in [-0.39, 0.29) is 23.6 Å². The molecule has 8 nitrogen and oxygen atoms in total. The third-order valence-electron chi connectivity index (χ3n) is 3.88. The lowest BCUT2D eigenvalue weighted by Gasteiger charge is -2.15. The van der Waals surface area contributed by atoms with Gasteiger partial charge in [-0.25, -0.2) is 12.7 Å². The standard InChI is InChI=1S/C20H24N2O6S/c1-15(28-19(23)12-13-27-17-9-5-4-6-10-17)20(24)21-16-8-7-11-18(14-16)29(25,26)22(2)3/h4-11,14-15H,12-13H2,1-3H3,(H,21,24)/t15-/m1/s1. The van der Waals surface area contributed by atoms with Gasteiger partial charge < -0.3 is 14.8 Å². The summed E-state index contributed by atoms with van der Waals surface area (Å²) >= 11 is 0. The molecule has 2 aromatic rings. The smallest absolute Gasteiger partial charge is 0.310 e. The molecular weight excluding hydrogens is 396 g/mol. The molecule has 0 aliphatic heterocycles. The van der Waals surface area contributed by atoms with Crippen molar-refractivity contribution in [3.05, 3.63) is 54.6 Å². The highest BCUT2D eigenvalue weighted by atomic mass is 32.2. The van der Waals surface area contributed by atoms with Crippen LogP contribution in [0.15, 0.2) is 59.5 Å². The van der Waals surface area contributed by atoms with Crippen LogP contribution in [-0.2, 0) is 24.3 Å². The van der Waals surface area contributed by atoms with Gasteiger partial charge in [0.2, 0.25) is 10.0 Å². The first-order chi connectivity index (χ1) is 13.7. The second kappa shape index (κ2) is 10.0. The highest BCUT2D eigenvalue weighted by Gasteiger charge is 2.20. The van der Waals surface area contributed by atoms with Gasteiger partial charge in [-0.2, -0.15) is 0 Å². The average molecular weight is 420 g/mol. The summed E-state index contributed by atoms with van der Waals surface area (Å²) in [6, 6.07) is 14.9. The summed E-state index contributed by atoms with van der Waals surface area (Å²) in [6.45, 7) is 1.56. The molecule has 2 aromatic carbocycles. The maximum atomic E-state index is 12.3. The number of sulfonamides is 1. The number of hydrogen-bond donors (Lipinski definition) is 1. The molecule has 0 aromatic heterocycles. The molecule has 0 spiro atoms. The van der Waals surface area contributed by atoms with Crippen LogP contribution in [0.3, 0.4) is 0 Å². The molecule has 0 saturated heterocycles. The van der Waals surface area contributed by atoms with Crippen LogP contribution in [0.4, 0.5) is 5.69 Å². The predicted molar refractivity (Wildman–Crippen MR) is 108 cm³/mol. The number of ether oxygens (including phenoxy) is 2. The molecule has 156 valence electrons. The molecule has 0 aliphatic carbocycles. The first kappa shape index (κ1) is 22.4. The first-order valence-corrected chi connectivity index (χ1v) is 10.3. The molecule has 0 saturated carbocycles. The molecule has 0 bridgehead atoms. The van der Waals surface area contributed by atoms with Gasteiger partial charge in [0.05, 0.1) is 17.9 Å². The Labute approximate surface area is 170 Å². The van der Waals surface area contributed by atoms with E-state index in [1.807, 2.05) is 18.2 Å². The van der Waals surface area contributed by atoms with Crippen molar-refractivity contribution in [2.75, 3.05) is 26.0 Å². The van der Waals surface area contributed by atoms with Gasteiger partial charge in [-0.15, -0.1) is 0 Å². The Balaban J connectivity index is 1.86. The van der Waals surface area contributed by atoms with Gasteiger partial charge in [-0.05, 0) is 37.3 Å². The molecule has 0 unspecified atom stereocenters. The largest absolute Gasteiger partial charge is 0.493 e. The minimum Gasteiger partial charge on any atom is -0.493 e. The summed E-state index contributed by atoms with van der Waals surface area (Å²) in [5, 5.41) is 2.55. The molecule has 29 heavy (non-hydrogen) atoms. The van der Waals surface area contributed by atoms with Crippen LogP contribution in [0, 0.1) is 0 Å². The molecule has 0 fully saturated rings. The summed E-state index contributed by atoms with van der Waals surface area (Å²) in [7, 11) is -0.784. The molecule has 1 atom stereocenters. The highest BCUT2D eigenvalue weighted by molar-refractivity contribution is 7.89. The number of nitrogens with zero attached hydrogens (tertiary/aromatic N) is 1.